The van der Waals surface area contributed by atoms with Gasteiger partial charge in [-0.15, -0.1) is 10.2 Å². The number of rotatable bonds is 12. The molecule has 0 radical (unpaired) electrons. The van der Waals surface area contributed by atoms with E-state index in [2.05, 4.69) is 28.5 Å². The second-order valence-corrected chi connectivity index (χ2v) is 9.73. The quantitative estimate of drug-likeness (QED) is 0.222. The zero-order valence-electron chi connectivity index (χ0n) is 20.3. The van der Waals surface area contributed by atoms with Crippen LogP contribution in [-0.4, -0.2) is 27.8 Å². The highest BCUT2D eigenvalue weighted by atomic mass is 35.5. The van der Waals surface area contributed by atoms with Crippen LogP contribution in [0.5, 0.6) is 5.75 Å². The molecule has 0 spiro atoms. The number of benzene rings is 2. The van der Waals surface area contributed by atoms with Gasteiger partial charge in [-0.25, -0.2) is 0 Å². The average molecular weight is 501 g/mol. The van der Waals surface area contributed by atoms with Crippen LogP contribution in [0.2, 0.25) is 5.02 Å². The lowest BCUT2D eigenvalue weighted by molar-refractivity contribution is -0.121. The van der Waals surface area contributed by atoms with Crippen LogP contribution in [0.15, 0.2) is 47.6 Å². The molecule has 1 amide bonds. The zero-order chi connectivity index (χ0) is 24.5. The van der Waals surface area contributed by atoms with Gasteiger partial charge in [0.2, 0.25) is 5.91 Å². The number of thioether (sulfide) groups is 1. The lowest BCUT2D eigenvalue weighted by Gasteiger charge is -2.18. The van der Waals surface area contributed by atoms with Gasteiger partial charge in [0, 0.05) is 17.2 Å². The van der Waals surface area contributed by atoms with Crippen LogP contribution in [0, 0.1) is 6.92 Å². The van der Waals surface area contributed by atoms with E-state index >= 15 is 0 Å². The Morgan fingerprint density at radius 2 is 2.00 bits per heavy atom. The zero-order valence-corrected chi connectivity index (χ0v) is 21.9. The van der Waals surface area contributed by atoms with E-state index in [9.17, 15) is 4.79 Å². The van der Waals surface area contributed by atoms with Gasteiger partial charge in [0.05, 0.1) is 18.8 Å². The van der Waals surface area contributed by atoms with Crippen molar-refractivity contribution >= 4 is 29.3 Å². The van der Waals surface area contributed by atoms with Crippen molar-refractivity contribution in [2.45, 2.75) is 69.8 Å². The van der Waals surface area contributed by atoms with Crippen molar-refractivity contribution in [3.63, 3.8) is 0 Å². The molecule has 3 rings (SSSR count). The summed E-state index contributed by atoms with van der Waals surface area (Å²) in [7, 11) is 1.66. The molecule has 0 aliphatic carbocycles. The van der Waals surface area contributed by atoms with Crippen LogP contribution >= 0.6 is 23.4 Å². The van der Waals surface area contributed by atoms with Crippen LogP contribution in [0.1, 0.15) is 68.9 Å². The first-order chi connectivity index (χ1) is 16.4. The van der Waals surface area contributed by atoms with E-state index in [0.29, 0.717) is 23.0 Å². The Hall–Kier alpha value is -2.51. The number of halogens is 1. The molecule has 1 atom stereocenters. The predicted octanol–water partition coefficient (Wildman–Crippen LogP) is 6.68. The lowest BCUT2D eigenvalue weighted by atomic mass is 10.1. The Balaban J connectivity index is 1.85. The maximum atomic E-state index is 12.5. The van der Waals surface area contributed by atoms with E-state index in [1.807, 2.05) is 54.8 Å². The minimum absolute atomic E-state index is 0.0338. The predicted molar refractivity (Wildman–Crippen MR) is 139 cm³/mol. The number of methoxy groups -OCH3 is 1. The molecule has 1 heterocycles. The van der Waals surface area contributed by atoms with Crippen molar-refractivity contribution in [1.82, 2.24) is 20.1 Å². The monoisotopic (exact) mass is 500 g/mol. The van der Waals surface area contributed by atoms with Crippen molar-refractivity contribution in [2.24, 2.45) is 0 Å². The fraction of sp³-hybridized carbons (Fsp3) is 0.423. The van der Waals surface area contributed by atoms with E-state index in [-0.39, 0.29) is 11.9 Å². The van der Waals surface area contributed by atoms with Crippen molar-refractivity contribution in [2.75, 3.05) is 7.11 Å². The molecule has 8 heteroatoms. The third kappa shape index (κ3) is 7.00. The SMILES string of the molecule is CCCCCCC(=O)NC(C)c1nnc(SCc2cccc(OC)c2)n1-c1cc(Cl)ccc1C. The molecule has 1 N–H and O–H groups in total. The van der Waals surface area contributed by atoms with E-state index in [0.717, 1.165) is 53.4 Å². The van der Waals surface area contributed by atoms with Crippen LogP contribution in [0.25, 0.3) is 5.69 Å². The highest BCUT2D eigenvalue weighted by Crippen LogP contribution is 2.31. The molecule has 0 saturated carbocycles. The van der Waals surface area contributed by atoms with Gasteiger partial charge >= 0.3 is 0 Å². The molecule has 1 unspecified atom stereocenters. The van der Waals surface area contributed by atoms with E-state index in [1.54, 1.807) is 18.9 Å². The molecule has 0 fully saturated rings. The summed E-state index contributed by atoms with van der Waals surface area (Å²) in [5.41, 5.74) is 3.08. The molecule has 0 saturated heterocycles. The molecule has 0 bridgehead atoms. The second kappa shape index (κ2) is 12.8. The minimum Gasteiger partial charge on any atom is -0.497 e. The first kappa shape index (κ1) is 26.1. The normalized spacial score (nSPS) is 11.9. The van der Waals surface area contributed by atoms with Crippen molar-refractivity contribution < 1.29 is 9.53 Å². The van der Waals surface area contributed by atoms with Gasteiger partial charge in [0.1, 0.15) is 5.75 Å². The molecular weight excluding hydrogens is 468 g/mol. The summed E-state index contributed by atoms with van der Waals surface area (Å²) in [5, 5.41) is 13.4. The Kier molecular flexibility index (Phi) is 9.84. The summed E-state index contributed by atoms with van der Waals surface area (Å²) in [6.45, 7) is 6.14. The number of hydrogen-bond acceptors (Lipinski definition) is 5. The largest absolute Gasteiger partial charge is 0.497 e. The van der Waals surface area contributed by atoms with Gasteiger partial charge in [-0.05, 0) is 55.7 Å². The highest BCUT2D eigenvalue weighted by Gasteiger charge is 2.22. The number of aryl methyl sites for hydroxylation is 1. The molecule has 0 aliphatic heterocycles. The molecule has 34 heavy (non-hydrogen) atoms. The van der Waals surface area contributed by atoms with E-state index in [4.69, 9.17) is 16.3 Å². The maximum Gasteiger partial charge on any atom is 0.220 e. The van der Waals surface area contributed by atoms with Gasteiger partial charge in [-0.1, -0.05) is 67.7 Å². The van der Waals surface area contributed by atoms with Gasteiger partial charge in [-0.2, -0.15) is 0 Å². The molecule has 3 aromatic rings. The molecule has 6 nitrogen and oxygen atoms in total. The van der Waals surface area contributed by atoms with Gasteiger partial charge in [0.25, 0.3) is 0 Å². The molecule has 182 valence electrons. The number of aromatic nitrogens is 3. The minimum atomic E-state index is -0.296. The Morgan fingerprint density at radius 3 is 2.76 bits per heavy atom. The van der Waals surface area contributed by atoms with E-state index < -0.39 is 0 Å². The molecule has 1 aromatic heterocycles. The summed E-state index contributed by atoms with van der Waals surface area (Å²) in [6, 6.07) is 13.4. The number of amides is 1. The maximum absolute atomic E-state index is 12.5. The average Bonchev–Trinajstić information content (AvgIpc) is 3.26. The number of nitrogens with zero attached hydrogens (tertiary/aromatic N) is 3. The van der Waals surface area contributed by atoms with Crippen molar-refractivity contribution in [1.29, 1.82) is 0 Å². The fourth-order valence-electron chi connectivity index (χ4n) is 3.71. The van der Waals surface area contributed by atoms with Gasteiger partial charge in [0.15, 0.2) is 11.0 Å². The Labute approximate surface area is 211 Å². The number of ether oxygens (including phenoxy) is 1. The third-order valence-corrected chi connectivity index (χ3v) is 6.83. The van der Waals surface area contributed by atoms with Crippen molar-refractivity contribution in [3.8, 4) is 11.4 Å². The summed E-state index contributed by atoms with van der Waals surface area (Å²) < 4.78 is 7.35. The first-order valence-electron chi connectivity index (χ1n) is 11.7. The number of hydrogen-bond donors (Lipinski definition) is 1. The first-order valence-corrected chi connectivity index (χ1v) is 13.1. The lowest BCUT2D eigenvalue weighted by Crippen LogP contribution is -2.28. The number of nitrogens with one attached hydrogen (secondary N) is 1. The fourth-order valence-corrected chi connectivity index (χ4v) is 4.77. The number of unbranched alkanes of at least 4 members (excludes halogenated alkanes) is 3. The van der Waals surface area contributed by atoms with Crippen molar-refractivity contribution in [3.05, 3.63) is 64.4 Å². The Morgan fingerprint density at radius 1 is 1.18 bits per heavy atom. The highest BCUT2D eigenvalue weighted by molar-refractivity contribution is 7.98. The van der Waals surface area contributed by atoms with Crippen LogP contribution < -0.4 is 10.1 Å². The summed E-state index contributed by atoms with van der Waals surface area (Å²) in [4.78, 5) is 12.5. The molecule has 2 aromatic carbocycles. The van der Waals surface area contributed by atoms with Crippen LogP contribution in [-0.2, 0) is 10.5 Å². The number of carbonyl (C=O) groups is 1. The topological polar surface area (TPSA) is 69.0 Å². The van der Waals surface area contributed by atoms with Crippen LogP contribution in [0.4, 0.5) is 0 Å². The third-order valence-electron chi connectivity index (χ3n) is 5.59. The van der Waals surface area contributed by atoms with Crippen LogP contribution in [0.3, 0.4) is 0 Å². The summed E-state index contributed by atoms with van der Waals surface area (Å²) in [6.07, 6.45) is 4.79. The molecule has 0 aliphatic rings. The Bertz CT molecular complexity index is 1100. The van der Waals surface area contributed by atoms with E-state index in [1.165, 1.54) is 0 Å². The summed E-state index contributed by atoms with van der Waals surface area (Å²) in [5.74, 6) is 2.24. The number of carbonyl (C=O) groups excluding carboxylic acids is 1. The second-order valence-electron chi connectivity index (χ2n) is 8.35. The summed E-state index contributed by atoms with van der Waals surface area (Å²) >= 11 is 7.93. The van der Waals surface area contributed by atoms with Gasteiger partial charge in [-0.3, -0.25) is 9.36 Å². The van der Waals surface area contributed by atoms with Gasteiger partial charge < -0.3 is 10.1 Å². The standard InChI is InChI=1S/C26H33ClN4O2S/c1-5-6-7-8-12-24(32)28-19(3)25-29-30-26(31(25)23-16-21(27)14-13-18(23)2)34-17-20-10-9-11-22(15-20)33-4/h9-11,13-16,19H,5-8,12,17H2,1-4H3,(H,28,32). The smallest absolute Gasteiger partial charge is 0.220 e. The molecular formula is C26H33ClN4O2S.